The van der Waals surface area contributed by atoms with Crippen LogP contribution in [-0.2, 0) is 16.1 Å². The topological polar surface area (TPSA) is 84.1 Å². The Kier molecular flexibility index (Phi) is 5.02. The summed E-state index contributed by atoms with van der Waals surface area (Å²) in [6.45, 7) is 0.0974. The van der Waals surface area contributed by atoms with E-state index in [1.807, 2.05) is 47.8 Å². The third-order valence-electron chi connectivity index (χ3n) is 3.24. The Morgan fingerprint density at radius 2 is 2.00 bits per heavy atom. The summed E-state index contributed by atoms with van der Waals surface area (Å²) >= 11 is 1.55. The molecule has 3 rings (SSSR count). The predicted molar refractivity (Wildman–Crippen MR) is 90.5 cm³/mol. The fourth-order valence-corrected chi connectivity index (χ4v) is 2.69. The molecule has 7 heteroatoms. The number of hydrogen-bond donors (Lipinski definition) is 2. The van der Waals surface area contributed by atoms with Crippen LogP contribution in [0.5, 0.6) is 0 Å². The molecule has 0 aliphatic heterocycles. The molecular weight excluding hydrogens is 326 g/mol. The number of nitrogens with zero attached hydrogens (tertiary/aromatic N) is 1. The minimum atomic E-state index is -0.615. The summed E-state index contributed by atoms with van der Waals surface area (Å²) in [5.74, 6) is -0.962. The molecule has 0 bridgehead atoms. The number of esters is 1. The van der Waals surface area contributed by atoms with Crippen molar-refractivity contribution in [1.82, 2.24) is 15.5 Å². The maximum Gasteiger partial charge on any atom is 0.356 e. The lowest BCUT2D eigenvalue weighted by Gasteiger charge is -2.04. The zero-order valence-corrected chi connectivity index (χ0v) is 13.5. The van der Waals surface area contributed by atoms with E-state index in [0.717, 1.165) is 10.4 Å². The summed E-state index contributed by atoms with van der Waals surface area (Å²) < 4.78 is 4.99. The van der Waals surface area contributed by atoms with Gasteiger partial charge in [-0.2, -0.15) is 5.10 Å². The average Bonchev–Trinajstić information content (AvgIpc) is 3.30. The molecule has 6 nitrogen and oxygen atoms in total. The molecule has 0 atom stereocenters. The van der Waals surface area contributed by atoms with Crippen molar-refractivity contribution < 1.29 is 14.3 Å². The second-order valence-electron chi connectivity index (χ2n) is 4.97. The van der Waals surface area contributed by atoms with Crippen LogP contribution in [0, 0.1) is 0 Å². The minimum absolute atomic E-state index is 0.208. The number of aromatic nitrogens is 2. The van der Waals surface area contributed by atoms with E-state index >= 15 is 0 Å². The van der Waals surface area contributed by atoms with E-state index in [0.29, 0.717) is 12.2 Å². The normalized spacial score (nSPS) is 10.3. The molecule has 1 amide bonds. The molecular formula is C17H15N3O3S. The Morgan fingerprint density at radius 3 is 2.75 bits per heavy atom. The van der Waals surface area contributed by atoms with Gasteiger partial charge in [0.1, 0.15) is 5.69 Å². The van der Waals surface area contributed by atoms with Gasteiger partial charge in [-0.3, -0.25) is 9.89 Å². The van der Waals surface area contributed by atoms with Crippen molar-refractivity contribution in [3.8, 4) is 11.3 Å². The van der Waals surface area contributed by atoms with Crippen LogP contribution in [0.15, 0.2) is 53.9 Å². The van der Waals surface area contributed by atoms with Crippen LogP contribution >= 0.6 is 11.3 Å². The Bertz CT molecular complexity index is 813. The van der Waals surface area contributed by atoms with Crippen LogP contribution in [0.3, 0.4) is 0 Å². The van der Waals surface area contributed by atoms with Gasteiger partial charge in [0.25, 0.3) is 5.91 Å². The van der Waals surface area contributed by atoms with Gasteiger partial charge in [0.05, 0.1) is 12.2 Å². The molecule has 0 spiro atoms. The molecule has 1 aromatic carbocycles. The molecule has 24 heavy (non-hydrogen) atoms. The SMILES string of the molecule is O=C(COC(=O)c1cc(-c2ccccc2)n[nH]1)NCc1cccs1. The lowest BCUT2D eigenvalue weighted by atomic mass is 10.1. The van der Waals surface area contributed by atoms with Gasteiger partial charge in [-0.15, -0.1) is 11.3 Å². The number of thiophene rings is 1. The van der Waals surface area contributed by atoms with E-state index in [4.69, 9.17) is 4.74 Å². The first kappa shape index (κ1) is 15.9. The van der Waals surface area contributed by atoms with Crippen LogP contribution in [0.4, 0.5) is 0 Å². The highest BCUT2D eigenvalue weighted by Gasteiger charge is 2.14. The molecule has 0 radical (unpaired) electrons. The van der Waals surface area contributed by atoms with Gasteiger partial charge in [0, 0.05) is 10.4 Å². The number of carbonyl (C=O) groups is 2. The average molecular weight is 341 g/mol. The smallest absolute Gasteiger partial charge is 0.356 e. The Labute approximate surface area is 142 Å². The summed E-state index contributed by atoms with van der Waals surface area (Å²) in [5.41, 5.74) is 1.74. The van der Waals surface area contributed by atoms with Gasteiger partial charge in [-0.1, -0.05) is 36.4 Å². The maximum absolute atomic E-state index is 12.0. The quantitative estimate of drug-likeness (QED) is 0.675. The number of nitrogens with one attached hydrogen (secondary N) is 2. The Morgan fingerprint density at radius 1 is 1.17 bits per heavy atom. The van der Waals surface area contributed by atoms with E-state index in [1.54, 1.807) is 17.4 Å². The number of carbonyl (C=O) groups excluding carboxylic acids is 2. The summed E-state index contributed by atoms with van der Waals surface area (Å²) in [6.07, 6.45) is 0. The van der Waals surface area contributed by atoms with Crippen LogP contribution < -0.4 is 5.32 Å². The molecule has 0 fully saturated rings. The van der Waals surface area contributed by atoms with Gasteiger partial charge in [-0.25, -0.2) is 4.79 Å². The lowest BCUT2D eigenvalue weighted by Crippen LogP contribution is -2.28. The molecule has 0 aliphatic rings. The molecule has 2 N–H and O–H groups in total. The largest absolute Gasteiger partial charge is 0.451 e. The van der Waals surface area contributed by atoms with Crippen LogP contribution in [0.1, 0.15) is 15.4 Å². The molecule has 2 heterocycles. The van der Waals surface area contributed by atoms with E-state index in [2.05, 4.69) is 15.5 Å². The number of H-pyrrole nitrogens is 1. The van der Waals surface area contributed by atoms with Gasteiger partial charge in [-0.05, 0) is 17.5 Å². The summed E-state index contributed by atoms with van der Waals surface area (Å²) in [4.78, 5) is 24.7. The van der Waals surface area contributed by atoms with E-state index < -0.39 is 5.97 Å². The van der Waals surface area contributed by atoms with Crippen LogP contribution in [0.2, 0.25) is 0 Å². The van der Waals surface area contributed by atoms with E-state index in [1.165, 1.54) is 0 Å². The molecule has 0 saturated heterocycles. The van der Waals surface area contributed by atoms with Crippen molar-refractivity contribution in [3.63, 3.8) is 0 Å². The zero-order valence-electron chi connectivity index (χ0n) is 12.7. The van der Waals surface area contributed by atoms with E-state index in [-0.39, 0.29) is 18.2 Å². The lowest BCUT2D eigenvalue weighted by molar-refractivity contribution is -0.124. The first-order valence-electron chi connectivity index (χ1n) is 7.29. The molecule has 0 aliphatic carbocycles. The van der Waals surface area contributed by atoms with Crippen molar-refractivity contribution in [3.05, 3.63) is 64.5 Å². The molecule has 0 unspecified atom stereocenters. The number of amides is 1. The highest BCUT2D eigenvalue weighted by molar-refractivity contribution is 7.09. The van der Waals surface area contributed by atoms with E-state index in [9.17, 15) is 9.59 Å². The maximum atomic E-state index is 12.0. The summed E-state index contributed by atoms with van der Waals surface area (Å²) in [5, 5.41) is 11.3. The van der Waals surface area contributed by atoms with Crippen LogP contribution in [-0.4, -0.2) is 28.7 Å². The zero-order chi connectivity index (χ0) is 16.8. The fraction of sp³-hybridized carbons (Fsp3) is 0.118. The standard InChI is InChI=1S/C17H15N3O3S/c21-16(18-10-13-7-4-8-24-13)11-23-17(22)15-9-14(19-20-15)12-5-2-1-3-6-12/h1-9H,10-11H2,(H,18,21)(H,19,20). The van der Waals surface area contributed by atoms with Gasteiger partial charge in [0.15, 0.2) is 6.61 Å². The fourth-order valence-electron chi connectivity index (χ4n) is 2.04. The predicted octanol–water partition coefficient (Wildman–Crippen LogP) is 2.61. The highest BCUT2D eigenvalue weighted by atomic mass is 32.1. The number of benzene rings is 1. The number of rotatable bonds is 6. The summed E-state index contributed by atoms with van der Waals surface area (Å²) in [6, 6.07) is 14.9. The van der Waals surface area contributed by atoms with Crippen molar-refractivity contribution in [1.29, 1.82) is 0 Å². The Hall–Kier alpha value is -2.93. The van der Waals surface area contributed by atoms with Crippen LogP contribution in [0.25, 0.3) is 11.3 Å². The number of ether oxygens (including phenoxy) is 1. The molecule has 2 aromatic heterocycles. The van der Waals surface area contributed by atoms with Crippen molar-refractivity contribution in [2.45, 2.75) is 6.54 Å². The van der Waals surface area contributed by atoms with Gasteiger partial charge >= 0.3 is 5.97 Å². The molecule has 0 saturated carbocycles. The third-order valence-corrected chi connectivity index (χ3v) is 4.12. The second kappa shape index (κ2) is 7.56. The number of hydrogen-bond acceptors (Lipinski definition) is 5. The number of aromatic amines is 1. The Balaban J connectivity index is 1.50. The van der Waals surface area contributed by atoms with Gasteiger partial charge < -0.3 is 10.1 Å². The monoisotopic (exact) mass is 341 g/mol. The van der Waals surface area contributed by atoms with Gasteiger partial charge in [0.2, 0.25) is 0 Å². The molecule has 3 aromatic rings. The molecule has 122 valence electrons. The highest BCUT2D eigenvalue weighted by Crippen LogP contribution is 2.17. The second-order valence-corrected chi connectivity index (χ2v) is 6.00. The van der Waals surface area contributed by atoms with Crippen molar-refractivity contribution in [2.24, 2.45) is 0 Å². The first-order chi connectivity index (χ1) is 11.7. The minimum Gasteiger partial charge on any atom is -0.451 e. The van der Waals surface area contributed by atoms with Crippen molar-refractivity contribution >= 4 is 23.2 Å². The van der Waals surface area contributed by atoms with Crippen molar-refractivity contribution in [2.75, 3.05) is 6.61 Å². The third kappa shape index (κ3) is 4.08. The first-order valence-corrected chi connectivity index (χ1v) is 8.17. The summed E-state index contributed by atoms with van der Waals surface area (Å²) in [7, 11) is 0.